The molecule has 1 aliphatic rings. The summed E-state index contributed by atoms with van der Waals surface area (Å²) >= 11 is 6.29. The molecule has 0 radical (unpaired) electrons. The number of hydrogen-bond acceptors (Lipinski definition) is 4. The summed E-state index contributed by atoms with van der Waals surface area (Å²) < 4.78 is 13.5. The van der Waals surface area contributed by atoms with Gasteiger partial charge in [0.05, 0.1) is 19.5 Å². The number of benzene rings is 2. The minimum Gasteiger partial charge on any atom is -0.494 e. The first-order valence-electron chi connectivity index (χ1n) is 12.1. The summed E-state index contributed by atoms with van der Waals surface area (Å²) in [6, 6.07) is 13.6. The third kappa shape index (κ3) is 5.00. The van der Waals surface area contributed by atoms with Gasteiger partial charge in [-0.05, 0) is 60.7 Å². The highest BCUT2D eigenvalue weighted by molar-refractivity contribution is 6.31. The number of halogens is 1. The molecule has 5 rings (SSSR count). The lowest BCUT2D eigenvalue weighted by atomic mass is 9.92. The van der Waals surface area contributed by atoms with Gasteiger partial charge < -0.3 is 19.0 Å². The molecule has 7 nitrogen and oxygen atoms in total. The van der Waals surface area contributed by atoms with Gasteiger partial charge in [0.1, 0.15) is 11.8 Å². The van der Waals surface area contributed by atoms with Gasteiger partial charge in [0.25, 0.3) is 0 Å². The molecule has 3 heterocycles. The van der Waals surface area contributed by atoms with Crippen LogP contribution in [-0.4, -0.2) is 45.3 Å². The van der Waals surface area contributed by atoms with Crippen molar-refractivity contribution in [1.29, 1.82) is 0 Å². The van der Waals surface area contributed by atoms with E-state index >= 15 is 0 Å². The Morgan fingerprint density at radius 2 is 2.06 bits per heavy atom. The number of hydrogen-bond donors (Lipinski definition) is 1. The SMILES string of the molecule is CCCOC(=O)N1CCc2c([nH]c3ccc(Cl)cc23)C1c1ccc(OCCCn2ccnc2)cc1. The van der Waals surface area contributed by atoms with E-state index in [0.29, 0.717) is 24.8 Å². The van der Waals surface area contributed by atoms with Crippen LogP contribution in [0.1, 0.15) is 42.6 Å². The first kappa shape index (κ1) is 23.3. The largest absolute Gasteiger partial charge is 0.494 e. The molecule has 4 aromatic rings. The van der Waals surface area contributed by atoms with Gasteiger partial charge in [0.15, 0.2) is 0 Å². The number of imidazole rings is 1. The molecule has 1 aliphatic heterocycles. The molecule has 0 saturated heterocycles. The molecule has 8 heteroatoms. The maximum atomic E-state index is 13.0. The molecular formula is C27H29ClN4O3. The Morgan fingerprint density at radius 3 is 2.83 bits per heavy atom. The maximum Gasteiger partial charge on any atom is 0.410 e. The first-order valence-corrected chi connectivity index (χ1v) is 12.4. The third-order valence-corrected chi connectivity index (χ3v) is 6.57. The van der Waals surface area contributed by atoms with E-state index in [9.17, 15) is 4.79 Å². The zero-order valence-electron chi connectivity index (χ0n) is 19.7. The van der Waals surface area contributed by atoms with Gasteiger partial charge in [-0.25, -0.2) is 9.78 Å². The number of aromatic nitrogens is 3. The summed E-state index contributed by atoms with van der Waals surface area (Å²) in [4.78, 5) is 22.4. The van der Waals surface area contributed by atoms with Crippen LogP contribution >= 0.6 is 11.6 Å². The number of fused-ring (bicyclic) bond motifs is 3. The van der Waals surface area contributed by atoms with E-state index in [1.54, 1.807) is 6.20 Å². The van der Waals surface area contributed by atoms with Crippen LogP contribution in [0, 0.1) is 0 Å². The van der Waals surface area contributed by atoms with E-state index in [1.165, 1.54) is 5.56 Å². The van der Waals surface area contributed by atoms with Crippen molar-refractivity contribution in [1.82, 2.24) is 19.4 Å². The minimum atomic E-state index is -0.293. The van der Waals surface area contributed by atoms with Crippen molar-refractivity contribution in [2.24, 2.45) is 0 Å². The number of aryl methyl sites for hydroxylation is 1. The predicted octanol–water partition coefficient (Wildman–Crippen LogP) is 5.98. The summed E-state index contributed by atoms with van der Waals surface area (Å²) in [5, 5.41) is 1.81. The van der Waals surface area contributed by atoms with Gasteiger partial charge in [-0.1, -0.05) is 30.7 Å². The fourth-order valence-electron chi connectivity index (χ4n) is 4.68. The Morgan fingerprint density at radius 1 is 1.20 bits per heavy atom. The summed E-state index contributed by atoms with van der Waals surface area (Å²) in [6.45, 7) is 4.45. The van der Waals surface area contributed by atoms with Crippen molar-refractivity contribution in [3.63, 3.8) is 0 Å². The second-order valence-electron chi connectivity index (χ2n) is 8.74. The number of nitrogens with one attached hydrogen (secondary N) is 1. The van der Waals surface area contributed by atoms with E-state index in [1.807, 2.05) is 71.4 Å². The normalized spacial score (nSPS) is 15.3. The third-order valence-electron chi connectivity index (χ3n) is 6.34. The fraction of sp³-hybridized carbons (Fsp3) is 0.333. The van der Waals surface area contributed by atoms with Crippen molar-refractivity contribution in [3.8, 4) is 5.75 Å². The number of amides is 1. The van der Waals surface area contributed by atoms with Crippen LogP contribution in [0.4, 0.5) is 4.79 Å². The van der Waals surface area contributed by atoms with Crippen LogP contribution < -0.4 is 4.74 Å². The Balaban J connectivity index is 1.38. The van der Waals surface area contributed by atoms with E-state index in [2.05, 4.69) is 9.97 Å². The average Bonchev–Trinajstić information content (AvgIpc) is 3.52. The van der Waals surface area contributed by atoms with Crippen LogP contribution in [0.3, 0.4) is 0 Å². The summed E-state index contributed by atoms with van der Waals surface area (Å²) in [5.74, 6) is 0.805. The Bertz CT molecular complexity index is 1280. The number of H-pyrrole nitrogens is 1. The predicted molar refractivity (Wildman–Crippen MR) is 136 cm³/mol. The van der Waals surface area contributed by atoms with Gasteiger partial charge in [-0.3, -0.25) is 4.90 Å². The number of aromatic amines is 1. The molecule has 1 amide bonds. The maximum absolute atomic E-state index is 13.0. The molecule has 35 heavy (non-hydrogen) atoms. The second kappa shape index (κ2) is 10.4. The quantitative estimate of drug-likeness (QED) is 0.307. The summed E-state index contributed by atoms with van der Waals surface area (Å²) in [6.07, 6.45) is 7.65. The molecule has 1 atom stereocenters. The number of carbonyl (C=O) groups is 1. The summed E-state index contributed by atoms with van der Waals surface area (Å²) in [5.41, 5.74) is 4.23. The van der Waals surface area contributed by atoms with Gasteiger partial charge >= 0.3 is 6.09 Å². The molecule has 0 fully saturated rings. The Kier molecular flexibility index (Phi) is 6.95. The topological polar surface area (TPSA) is 72.4 Å². The molecule has 0 saturated carbocycles. The van der Waals surface area contributed by atoms with Crippen molar-refractivity contribution >= 4 is 28.6 Å². The van der Waals surface area contributed by atoms with Crippen LogP contribution in [0.15, 0.2) is 61.2 Å². The number of rotatable bonds is 8. The lowest BCUT2D eigenvalue weighted by Crippen LogP contribution is -2.41. The zero-order chi connectivity index (χ0) is 24.2. The lowest BCUT2D eigenvalue weighted by Gasteiger charge is -2.35. The van der Waals surface area contributed by atoms with E-state index < -0.39 is 0 Å². The second-order valence-corrected chi connectivity index (χ2v) is 9.18. The number of carbonyl (C=O) groups excluding carboxylic acids is 1. The van der Waals surface area contributed by atoms with Crippen LogP contribution in [0.5, 0.6) is 5.75 Å². The smallest absolute Gasteiger partial charge is 0.410 e. The van der Waals surface area contributed by atoms with E-state index in [0.717, 1.165) is 53.7 Å². The zero-order valence-corrected chi connectivity index (χ0v) is 20.5. The van der Waals surface area contributed by atoms with Crippen LogP contribution in [0.2, 0.25) is 5.02 Å². The summed E-state index contributed by atoms with van der Waals surface area (Å²) in [7, 11) is 0. The standard InChI is InChI=1S/C27H29ClN4O3/c1-2-15-35-27(33)32-13-10-22-23-17-20(28)6-9-24(23)30-25(22)26(32)19-4-7-21(8-5-19)34-16-3-12-31-14-11-29-18-31/h4-9,11,14,17-18,26,30H,2-3,10,12-13,15-16H2,1H3. The molecule has 1 N–H and O–H groups in total. The van der Waals surface area contributed by atoms with Gasteiger partial charge in [0.2, 0.25) is 0 Å². The molecule has 2 aromatic carbocycles. The Hall–Kier alpha value is -3.45. The van der Waals surface area contributed by atoms with Crippen molar-refractivity contribution in [3.05, 3.63) is 83.0 Å². The van der Waals surface area contributed by atoms with Gasteiger partial charge in [-0.15, -0.1) is 0 Å². The van der Waals surface area contributed by atoms with Crippen molar-refractivity contribution in [2.75, 3.05) is 19.8 Å². The highest BCUT2D eigenvalue weighted by Crippen LogP contribution is 2.39. The first-order chi connectivity index (χ1) is 17.1. The molecular weight excluding hydrogens is 464 g/mol. The van der Waals surface area contributed by atoms with Crippen molar-refractivity contribution in [2.45, 2.75) is 38.8 Å². The van der Waals surface area contributed by atoms with E-state index in [-0.39, 0.29) is 12.1 Å². The average molecular weight is 493 g/mol. The highest BCUT2D eigenvalue weighted by Gasteiger charge is 2.35. The van der Waals surface area contributed by atoms with Crippen LogP contribution in [-0.2, 0) is 17.7 Å². The molecule has 0 aliphatic carbocycles. The fourth-order valence-corrected chi connectivity index (χ4v) is 4.85. The molecule has 182 valence electrons. The Labute approximate surface area is 209 Å². The number of nitrogens with zero attached hydrogens (tertiary/aromatic N) is 3. The number of ether oxygens (including phenoxy) is 2. The molecule has 0 bridgehead atoms. The highest BCUT2D eigenvalue weighted by atomic mass is 35.5. The lowest BCUT2D eigenvalue weighted by molar-refractivity contribution is 0.0889. The van der Waals surface area contributed by atoms with E-state index in [4.69, 9.17) is 21.1 Å². The van der Waals surface area contributed by atoms with Crippen LogP contribution in [0.25, 0.3) is 10.9 Å². The van der Waals surface area contributed by atoms with Crippen molar-refractivity contribution < 1.29 is 14.3 Å². The van der Waals surface area contributed by atoms with Gasteiger partial charge in [0, 0.05) is 47.1 Å². The van der Waals surface area contributed by atoms with Gasteiger partial charge in [-0.2, -0.15) is 0 Å². The molecule has 2 aromatic heterocycles. The monoisotopic (exact) mass is 492 g/mol. The minimum absolute atomic E-state index is 0.274. The molecule has 1 unspecified atom stereocenters. The molecule has 0 spiro atoms.